The summed E-state index contributed by atoms with van der Waals surface area (Å²) >= 11 is 0. The van der Waals surface area contributed by atoms with Gasteiger partial charge < -0.3 is 36.2 Å². The molecule has 0 atom stereocenters. The summed E-state index contributed by atoms with van der Waals surface area (Å²) in [4.78, 5) is 29.0. The maximum absolute atomic E-state index is 10.4. The van der Waals surface area contributed by atoms with Crippen molar-refractivity contribution in [1.82, 2.24) is 5.32 Å². The molecule has 10 nitrogen and oxygen atoms in total. The molecule has 0 rings (SSSR count). The number of carbonyl (C=O) groups excluding carboxylic acids is 1. The van der Waals surface area contributed by atoms with Crippen molar-refractivity contribution in [3.05, 3.63) is 0 Å². The topological polar surface area (TPSA) is 179 Å². The Morgan fingerprint density at radius 1 is 1.04 bits per heavy atom. The number of amides is 2. The highest BCUT2D eigenvalue weighted by Crippen LogP contribution is 2.20. The highest BCUT2D eigenvalue weighted by atomic mass is 16.5. The number of esters is 1. The number of ether oxygens (including phenoxy) is 1. The van der Waals surface area contributed by atoms with Crippen LogP contribution in [0.2, 0.25) is 0 Å². The van der Waals surface area contributed by atoms with E-state index in [2.05, 4.69) is 24.3 Å². The van der Waals surface area contributed by atoms with Crippen LogP contribution < -0.4 is 11.1 Å². The van der Waals surface area contributed by atoms with E-state index in [9.17, 15) is 9.59 Å². The molecule has 0 saturated heterocycles. The highest BCUT2D eigenvalue weighted by Gasteiger charge is 2.20. The molecular formula is C16H36N2O8. The van der Waals surface area contributed by atoms with Gasteiger partial charge in [-0.1, -0.05) is 40.5 Å². The molecule has 0 bridgehead atoms. The second-order valence-electron chi connectivity index (χ2n) is 5.39. The number of nitrogens with two attached hydrogens (primary N) is 1. The fourth-order valence-electron chi connectivity index (χ4n) is 1.17. The molecule has 0 aromatic carbocycles. The Labute approximate surface area is 155 Å². The zero-order valence-electron chi connectivity index (χ0n) is 16.4. The predicted octanol–water partition coefficient (Wildman–Crippen LogP) is 1.63. The maximum atomic E-state index is 10.4. The van der Waals surface area contributed by atoms with Gasteiger partial charge in [-0.25, -0.2) is 9.59 Å². The summed E-state index contributed by atoms with van der Waals surface area (Å²) in [5.41, 5.74) is 3.77. The van der Waals surface area contributed by atoms with Crippen molar-refractivity contribution >= 4 is 18.2 Å². The lowest BCUT2D eigenvalue weighted by Gasteiger charge is -2.23. The third kappa shape index (κ3) is 37.9. The molecule has 0 unspecified atom stereocenters. The van der Waals surface area contributed by atoms with Crippen LogP contribution in [0.25, 0.3) is 0 Å². The van der Waals surface area contributed by atoms with Crippen molar-refractivity contribution in [2.45, 2.75) is 53.9 Å². The summed E-state index contributed by atoms with van der Waals surface area (Å²) in [7, 11) is 0. The minimum atomic E-state index is -1.33. The van der Waals surface area contributed by atoms with Crippen molar-refractivity contribution in [3.8, 4) is 0 Å². The first-order valence-electron chi connectivity index (χ1n) is 8.32. The molecule has 0 aliphatic rings. The molecule has 7 N–H and O–H groups in total. The van der Waals surface area contributed by atoms with Gasteiger partial charge in [0.1, 0.15) is 6.54 Å². The van der Waals surface area contributed by atoms with Gasteiger partial charge in [0, 0.05) is 5.41 Å². The van der Waals surface area contributed by atoms with Crippen LogP contribution in [0.15, 0.2) is 0 Å². The lowest BCUT2D eigenvalue weighted by molar-refractivity contribution is -0.141. The third-order valence-electron chi connectivity index (χ3n) is 2.31. The van der Waals surface area contributed by atoms with Crippen LogP contribution in [-0.4, -0.2) is 64.9 Å². The van der Waals surface area contributed by atoms with Gasteiger partial charge in [0.2, 0.25) is 0 Å². The molecule has 0 aromatic rings. The molecule has 10 heteroatoms. The van der Waals surface area contributed by atoms with Gasteiger partial charge in [0.15, 0.2) is 0 Å². The Balaban J connectivity index is -0.000000138. The van der Waals surface area contributed by atoms with E-state index in [1.54, 1.807) is 6.92 Å². The highest BCUT2D eigenvalue weighted by molar-refractivity contribution is 5.76. The molecule has 158 valence electrons. The number of hydrogen-bond acceptors (Lipinski definition) is 6. The van der Waals surface area contributed by atoms with E-state index < -0.39 is 18.2 Å². The van der Waals surface area contributed by atoms with Crippen molar-refractivity contribution in [2.24, 2.45) is 11.1 Å². The second-order valence-corrected chi connectivity index (χ2v) is 5.39. The maximum Gasteiger partial charge on any atom is 0.405 e. The van der Waals surface area contributed by atoms with Crippen molar-refractivity contribution < 1.29 is 39.5 Å². The number of aliphatic hydroxyl groups excluding tert-OH is 2. The number of rotatable bonds is 7. The zero-order chi connectivity index (χ0) is 21.6. The molecule has 0 spiro atoms. The van der Waals surface area contributed by atoms with E-state index >= 15 is 0 Å². The van der Waals surface area contributed by atoms with Crippen molar-refractivity contribution in [1.29, 1.82) is 0 Å². The van der Waals surface area contributed by atoms with E-state index in [4.69, 9.17) is 25.2 Å². The minimum absolute atomic E-state index is 0.0807. The van der Waals surface area contributed by atoms with E-state index in [1.165, 1.54) is 6.42 Å². The smallest absolute Gasteiger partial charge is 0.405 e. The van der Waals surface area contributed by atoms with Gasteiger partial charge in [0.05, 0.1) is 19.8 Å². The Kier molecular flexibility index (Phi) is 27.9. The van der Waals surface area contributed by atoms with E-state index in [-0.39, 0.29) is 31.8 Å². The van der Waals surface area contributed by atoms with Crippen LogP contribution >= 0.6 is 0 Å². The van der Waals surface area contributed by atoms with Crippen LogP contribution in [0.3, 0.4) is 0 Å². The predicted molar refractivity (Wildman–Crippen MR) is 98.0 cm³/mol. The Morgan fingerprint density at radius 2 is 1.42 bits per heavy atom. The third-order valence-corrected chi connectivity index (χ3v) is 2.31. The van der Waals surface area contributed by atoms with Gasteiger partial charge >= 0.3 is 18.2 Å². The Morgan fingerprint density at radius 3 is 1.62 bits per heavy atom. The number of nitrogens with one attached hydrogen (secondary N) is 1. The van der Waals surface area contributed by atoms with Gasteiger partial charge in [-0.05, 0) is 13.3 Å². The molecular weight excluding hydrogens is 348 g/mol. The number of primary amides is 1. The van der Waals surface area contributed by atoms with Crippen LogP contribution in [0.1, 0.15) is 53.9 Å². The fourth-order valence-corrected chi connectivity index (χ4v) is 1.17. The number of carboxylic acid groups (broad SMARTS) is 2. The summed E-state index contributed by atoms with van der Waals surface area (Å²) in [5.74, 6) is -0.565. The number of hydrogen-bond donors (Lipinski definition) is 6. The summed E-state index contributed by atoms with van der Waals surface area (Å²) in [6.07, 6.45) is 0.588. The zero-order valence-corrected chi connectivity index (χ0v) is 16.4. The largest absolute Gasteiger partial charge is 0.465 e. The van der Waals surface area contributed by atoms with Crippen LogP contribution in [0, 0.1) is 5.41 Å². The summed E-state index contributed by atoms with van der Waals surface area (Å²) in [5, 5.41) is 34.6. The van der Waals surface area contributed by atoms with Crippen LogP contribution in [0.4, 0.5) is 9.59 Å². The molecule has 0 saturated carbocycles. The van der Waals surface area contributed by atoms with Crippen molar-refractivity contribution in [3.63, 3.8) is 0 Å². The number of aliphatic hydroxyl groups is 2. The molecule has 0 fully saturated rings. The van der Waals surface area contributed by atoms with Crippen molar-refractivity contribution in [2.75, 3.05) is 26.4 Å². The minimum Gasteiger partial charge on any atom is -0.465 e. The van der Waals surface area contributed by atoms with E-state index in [0.29, 0.717) is 0 Å². The van der Waals surface area contributed by atoms with Crippen LogP contribution in [-0.2, 0) is 9.53 Å². The standard InChI is InChI=1S/C7H16O2.C5H9NO4.C3H8.CH3NO2/c1-3-4-7(2,5-8)6-9;1-2-10-4(7)3-6-5(8)9;1-3-2;2-1(3)4/h8-9H,3-6H2,1-2H3;6H,2-3H2,1H3,(H,8,9);3H2,1-2H3;2H2,(H,3,4). The molecule has 0 heterocycles. The van der Waals surface area contributed by atoms with Gasteiger partial charge in [-0.2, -0.15) is 0 Å². The van der Waals surface area contributed by atoms with E-state index in [0.717, 1.165) is 12.8 Å². The first kappa shape index (κ1) is 31.7. The molecule has 0 aliphatic heterocycles. The summed E-state index contributed by atoms with van der Waals surface area (Å²) in [6, 6.07) is 0. The Bertz CT molecular complexity index is 343. The summed E-state index contributed by atoms with van der Waals surface area (Å²) in [6.45, 7) is 9.97. The molecule has 26 heavy (non-hydrogen) atoms. The average Bonchev–Trinajstić information content (AvgIpc) is 2.54. The normalized spacial score (nSPS) is 9.04. The number of carbonyl (C=O) groups is 3. The lowest BCUT2D eigenvalue weighted by atomic mass is 9.88. The monoisotopic (exact) mass is 384 g/mol. The van der Waals surface area contributed by atoms with E-state index in [1.807, 2.05) is 19.2 Å². The quantitative estimate of drug-likeness (QED) is 0.358. The van der Waals surface area contributed by atoms with Gasteiger partial charge in [0.25, 0.3) is 0 Å². The summed E-state index contributed by atoms with van der Waals surface area (Å²) < 4.78 is 4.43. The van der Waals surface area contributed by atoms with Crippen LogP contribution in [0.5, 0.6) is 0 Å². The molecule has 0 radical (unpaired) electrons. The fraction of sp³-hybridized carbons (Fsp3) is 0.812. The lowest BCUT2D eigenvalue weighted by Crippen LogP contribution is -2.28. The second kappa shape index (κ2) is 22.9. The van der Waals surface area contributed by atoms with Gasteiger partial charge in [-0.15, -0.1) is 0 Å². The average molecular weight is 384 g/mol. The molecule has 0 aromatic heterocycles. The molecule has 2 amide bonds. The first-order chi connectivity index (χ1) is 12.0. The molecule has 0 aliphatic carbocycles. The van der Waals surface area contributed by atoms with Gasteiger partial charge in [-0.3, -0.25) is 4.79 Å². The SMILES string of the molecule is CCC.CCCC(C)(CO)CO.CCOC(=O)CNC(=O)O.NC(=O)O. The first-order valence-corrected chi connectivity index (χ1v) is 8.32. The Hall–Kier alpha value is -2.07.